The Morgan fingerprint density at radius 2 is 1.82 bits per heavy atom. The van der Waals surface area contributed by atoms with E-state index in [0.717, 1.165) is 22.8 Å². The number of hydrogen-bond donors (Lipinski definition) is 1. The lowest BCUT2D eigenvalue weighted by Gasteiger charge is -2.24. The number of Topliss-reactive ketones (excluding diaryl/α,β-unsaturated/α-hetero) is 1. The molecule has 0 aliphatic heterocycles. The van der Waals surface area contributed by atoms with Crippen molar-refractivity contribution < 1.29 is 9.90 Å². The third-order valence-corrected chi connectivity index (χ3v) is 4.66. The predicted octanol–water partition coefficient (Wildman–Crippen LogP) is 5.12. The Labute approximate surface area is 128 Å². The van der Waals surface area contributed by atoms with Gasteiger partial charge >= 0.3 is 0 Å². The molecular weight excluding hydrogens is 272 g/mol. The fourth-order valence-corrected chi connectivity index (χ4v) is 3.49. The molecule has 0 amide bonds. The zero-order chi connectivity index (χ0) is 15.3. The molecule has 3 aromatic rings. The van der Waals surface area contributed by atoms with Crippen LogP contribution < -0.4 is 0 Å². The lowest BCUT2D eigenvalue weighted by Crippen LogP contribution is -2.17. The molecule has 0 bridgehead atoms. The molecular formula is C20H16O2. The Kier molecular flexibility index (Phi) is 2.80. The van der Waals surface area contributed by atoms with Gasteiger partial charge in [-0.2, -0.15) is 0 Å². The standard InChI is InChI=1S/C20H16O2/c1-12-8-15(11-21)20(22)19-9-14-7-6-13-4-2-3-5-16(13)18(14)10-17(12)19/h2-7,9-12,21H,8H2,1H3. The number of rotatable bonds is 0. The van der Waals surface area contributed by atoms with Crippen molar-refractivity contribution in [2.24, 2.45) is 0 Å². The van der Waals surface area contributed by atoms with Crippen LogP contribution in [0, 0.1) is 0 Å². The SMILES string of the molecule is CC1CC(=CO)C(=O)c2cc3ccc4ccccc4c3cc21. The Morgan fingerprint density at radius 1 is 1.05 bits per heavy atom. The second kappa shape index (κ2) is 4.70. The van der Waals surface area contributed by atoms with Gasteiger partial charge in [0.25, 0.3) is 0 Å². The van der Waals surface area contributed by atoms with E-state index in [1.807, 2.05) is 18.2 Å². The van der Waals surface area contributed by atoms with Crippen LogP contribution in [-0.4, -0.2) is 10.9 Å². The van der Waals surface area contributed by atoms with Gasteiger partial charge < -0.3 is 5.11 Å². The van der Waals surface area contributed by atoms with Crippen LogP contribution >= 0.6 is 0 Å². The van der Waals surface area contributed by atoms with E-state index in [2.05, 4.69) is 37.3 Å². The van der Waals surface area contributed by atoms with Crippen LogP contribution in [0.3, 0.4) is 0 Å². The van der Waals surface area contributed by atoms with Crippen molar-refractivity contribution in [3.05, 3.63) is 71.5 Å². The third-order valence-electron chi connectivity index (χ3n) is 4.66. The lowest BCUT2D eigenvalue weighted by molar-refractivity contribution is 0.102. The number of aliphatic hydroxyl groups excluding tert-OH is 1. The molecule has 1 aliphatic carbocycles. The molecule has 2 heteroatoms. The van der Waals surface area contributed by atoms with Gasteiger partial charge in [-0.3, -0.25) is 4.79 Å². The number of fused-ring (bicyclic) bond motifs is 4. The van der Waals surface area contributed by atoms with E-state index in [1.165, 1.54) is 16.2 Å². The summed E-state index contributed by atoms with van der Waals surface area (Å²) in [7, 11) is 0. The topological polar surface area (TPSA) is 37.3 Å². The van der Waals surface area contributed by atoms with Gasteiger partial charge in [0.2, 0.25) is 0 Å². The number of carbonyl (C=O) groups excluding carboxylic acids is 1. The Morgan fingerprint density at radius 3 is 2.64 bits per heavy atom. The highest BCUT2D eigenvalue weighted by atomic mass is 16.2. The van der Waals surface area contributed by atoms with Gasteiger partial charge in [-0.25, -0.2) is 0 Å². The number of carbonyl (C=O) groups is 1. The molecule has 0 aromatic heterocycles. The number of aliphatic hydroxyl groups is 1. The summed E-state index contributed by atoms with van der Waals surface area (Å²) in [6.45, 7) is 2.10. The van der Waals surface area contributed by atoms with Crippen LogP contribution in [0.2, 0.25) is 0 Å². The first-order chi connectivity index (χ1) is 10.7. The highest BCUT2D eigenvalue weighted by molar-refractivity contribution is 6.15. The number of benzene rings is 3. The molecule has 0 spiro atoms. The molecule has 3 aromatic carbocycles. The number of ketones is 1. The summed E-state index contributed by atoms with van der Waals surface area (Å²) in [6, 6.07) is 16.6. The van der Waals surface area contributed by atoms with Gasteiger partial charge in [0.05, 0.1) is 6.26 Å². The smallest absolute Gasteiger partial charge is 0.192 e. The van der Waals surface area contributed by atoms with Gasteiger partial charge in [0.15, 0.2) is 5.78 Å². The summed E-state index contributed by atoms with van der Waals surface area (Å²) in [5.41, 5.74) is 2.31. The van der Waals surface area contributed by atoms with Crippen LogP contribution in [0.5, 0.6) is 0 Å². The summed E-state index contributed by atoms with van der Waals surface area (Å²) < 4.78 is 0. The second-order valence-electron chi connectivity index (χ2n) is 6.04. The summed E-state index contributed by atoms with van der Waals surface area (Å²) in [5.74, 6) is 0.181. The molecule has 0 radical (unpaired) electrons. The first kappa shape index (κ1) is 13.1. The van der Waals surface area contributed by atoms with E-state index in [4.69, 9.17) is 0 Å². The predicted molar refractivity (Wildman–Crippen MR) is 89.5 cm³/mol. The average molecular weight is 288 g/mol. The quantitative estimate of drug-likeness (QED) is 0.354. The lowest BCUT2D eigenvalue weighted by atomic mass is 9.79. The van der Waals surface area contributed by atoms with Gasteiger partial charge in [-0.1, -0.05) is 43.3 Å². The third kappa shape index (κ3) is 1.77. The van der Waals surface area contributed by atoms with E-state index in [9.17, 15) is 9.90 Å². The number of allylic oxidation sites excluding steroid dienone is 1. The first-order valence-corrected chi connectivity index (χ1v) is 7.52. The van der Waals surface area contributed by atoms with Crippen LogP contribution in [0.25, 0.3) is 21.5 Å². The molecule has 108 valence electrons. The largest absolute Gasteiger partial charge is 0.515 e. The minimum absolute atomic E-state index is 0.0503. The van der Waals surface area contributed by atoms with Crippen LogP contribution in [0.4, 0.5) is 0 Å². The molecule has 1 aliphatic rings. The zero-order valence-electron chi connectivity index (χ0n) is 12.3. The fraction of sp³-hybridized carbons (Fsp3) is 0.150. The molecule has 2 nitrogen and oxygen atoms in total. The van der Waals surface area contributed by atoms with E-state index in [0.29, 0.717) is 12.0 Å². The van der Waals surface area contributed by atoms with Crippen molar-refractivity contribution >= 4 is 27.3 Å². The normalized spacial score (nSPS) is 19.8. The molecule has 1 atom stereocenters. The maximum absolute atomic E-state index is 12.5. The van der Waals surface area contributed by atoms with Crippen LogP contribution in [0.15, 0.2) is 60.4 Å². The highest BCUT2D eigenvalue weighted by Crippen LogP contribution is 2.38. The molecule has 0 saturated carbocycles. The molecule has 0 fully saturated rings. The maximum Gasteiger partial charge on any atom is 0.192 e. The summed E-state index contributed by atoms with van der Waals surface area (Å²) in [6.07, 6.45) is 1.56. The van der Waals surface area contributed by atoms with Gasteiger partial charge in [0, 0.05) is 11.1 Å². The van der Waals surface area contributed by atoms with Crippen molar-refractivity contribution in [3.8, 4) is 0 Å². The summed E-state index contributed by atoms with van der Waals surface area (Å²) in [5, 5.41) is 14.0. The molecule has 0 saturated heterocycles. The van der Waals surface area contributed by atoms with Crippen LogP contribution in [-0.2, 0) is 0 Å². The van der Waals surface area contributed by atoms with Crippen molar-refractivity contribution in [1.82, 2.24) is 0 Å². The van der Waals surface area contributed by atoms with Crippen LogP contribution in [0.1, 0.15) is 35.2 Å². The molecule has 1 N–H and O–H groups in total. The van der Waals surface area contributed by atoms with Gasteiger partial charge in [-0.15, -0.1) is 0 Å². The van der Waals surface area contributed by atoms with E-state index >= 15 is 0 Å². The minimum atomic E-state index is -0.0503. The van der Waals surface area contributed by atoms with E-state index in [-0.39, 0.29) is 11.7 Å². The van der Waals surface area contributed by atoms with Gasteiger partial charge in [0.1, 0.15) is 0 Å². The van der Waals surface area contributed by atoms with Gasteiger partial charge in [-0.05, 0) is 51.6 Å². The average Bonchev–Trinajstić information content (AvgIpc) is 2.56. The molecule has 4 rings (SSSR count). The van der Waals surface area contributed by atoms with Crippen molar-refractivity contribution in [1.29, 1.82) is 0 Å². The number of hydrogen-bond acceptors (Lipinski definition) is 2. The zero-order valence-corrected chi connectivity index (χ0v) is 12.3. The summed E-state index contributed by atoms with van der Waals surface area (Å²) >= 11 is 0. The molecule has 22 heavy (non-hydrogen) atoms. The van der Waals surface area contributed by atoms with Crippen molar-refractivity contribution in [2.45, 2.75) is 19.3 Å². The molecule has 0 heterocycles. The fourth-order valence-electron chi connectivity index (χ4n) is 3.49. The molecule has 1 unspecified atom stereocenters. The van der Waals surface area contributed by atoms with Crippen molar-refractivity contribution in [2.75, 3.05) is 0 Å². The summed E-state index contributed by atoms with van der Waals surface area (Å²) in [4.78, 5) is 12.5. The van der Waals surface area contributed by atoms with E-state index in [1.54, 1.807) is 0 Å². The van der Waals surface area contributed by atoms with E-state index < -0.39 is 0 Å². The first-order valence-electron chi connectivity index (χ1n) is 7.52. The second-order valence-corrected chi connectivity index (χ2v) is 6.04. The monoisotopic (exact) mass is 288 g/mol. The Hall–Kier alpha value is -2.61. The minimum Gasteiger partial charge on any atom is -0.515 e. The van der Waals surface area contributed by atoms with Crippen molar-refractivity contribution in [3.63, 3.8) is 0 Å². The maximum atomic E-state index is 12.5. The Bertz CT molecular complexity index is 950. The Balaban J connectivity index is 2.08. The highest BCUT2D eigenvalue weighted by Gasteiger charge is 2.27.